The lowest BCUT2D eigenvalue weighted by molar-refractivity contribution is 0.185. The summed E-state index contributed by atoms with van der Waals surface area (Å²) in [4.78, 5) is 0. The Morgan fingerprint density at radius 1 is 1.04 bits per heavy atom. The third kappa shape index (κ3) is 4.80. The highest BCUT2D eigenvalue weighted by atomic mass is 32.2. The van der Waals surface area contributed by atoms with Crippen molar-refractivity contribution in [2.24, 2.45) is 0 Å². The van der Waals surface area contributed by atoms with E-state index in [4.69, 9.17) is 14.0 Å². The van der Waals surface area contributed by atoms with E-state index in [-0.39, 0.29) is 0 Å². The van der Waals surface area contributed by atoms with Gasteiger partial charge in [-0.25, -0.2) is 0 Å². The molecule has 3 aromatic rings. The first-order valence-corrected chi connectivity index (χ1v) is 9.33. The number of benzene rings is 2. The van der Waals surface area contributed by atoms with Crippen molar-refractivity contribution in [3.8, 4) is 17.1 Å². The van der Waals surface area contributed by atoms with E-state index in [2.05, 4.69) is 34.1 Å². The summed E-state index contributed by atoms with van der Waals surface area (Å²) in [5, 5.41) is 4.09. The Labute approximate surface area is 157 Å². The second kappa shape index (κ2) is 9.31. The summed E-state index contributed by atoms with van der Waals surface area (Å²) in [7, 11) is 3.32. The van der Waals surface area contributed by atoms with E-state index >= 15 is 0 Å². The summed E-state index contributed by atoms with van der Waals surface area (Å²) < 4.78 is 19.4. The minimum absolute atomic E-state index is 0.533. The maximum atomic E-state index is 5.50. The molecule has 1 heterocycles. The maximum Gasteiger partial charge on any atom is 0.179 e. The number of hydrogen-bond donors (Lipinski definition) is 1. The normalized spacial score (nSPS) is 10.7. The van der Waals surface area contributed by atoms with Crippen molar-refractivity contribution in [2.75, 3.05) is 24.7 Å². The second-order valence-corrected chi connectivity index (χ2v) is 6.63. The second-order valence-electron chi connectivity index (χ2n) is 5.73. The summed E-state index contributed by atoms with van der Waals surface area (Å²) >= 11 is 1.61. The van der Waals surface area contributed by atoms with Gasteiger partial charge in [-0.05, 0) is 29.7 Å². The minimum Gasteiger partial charge on any atom is -0.496 e. The van der Waals surface area contributed by atoms with Crippen LogP contribution in [0.25, 0.3) is 11.3 Å². The van der Waals surface area contributed by atoms with Gasteiger partial charge in [-0.3, -0.25) is 0 Å². The molecule has 0 spiro atoms. The van der Waals surface area contributed by atoms with Crippen LogP contribution in [0.2, 0.25) is 0 Å². The minimum atomic E-state index is 0.533. The van der Waals surface area contributed by atoms with E-state index in [0.717, 1.165) is 29.1 Å². The zero-order valence-electron chi connectivity index (χ0n) is 14.9. The fourth-order valence-electron chi connectivity index (χ4n) is 2.59. The Bertz CT molecular complexity index is 821. The Kier molecular flexibility index (Phi) is 6.57. The molecule has 0 amide bonds. The lowest BCUT2D eigenvalue weighted by Crippen LogP contribution is -1.93. The Hall–Kier alpha value is -2.44. The van der Waals surface area contributed by atoms with E-state index in [1.807, 2.05) is 30.3 Å². The number of anilines is 1. The fraction of sp³-hybridized carbons (Fsp3) is 0.250. The van der Waals surface area contributed by atoms with Crippen molar-refractivity contribution < 1.29 is 14.0 Å². The first kappa shape index (κ1) is 18.4. The van der Waals surface area contributed by atoms with Crippen molar-refractivity contribution in [1.29, 1.82) is 0 Å². The van der Waals surface area contributed by atoms with Crippen LogP contribution in [0.4, 0.5) is 5.82 Å². The van der Waals surface area contributed by atoms with E-state index in [1.165, 1.54) is 5.56 Å². The van der Waals surface area contributed by atoms with Crippen LogP contribution in [-0.2, 0) is 17.8 Å². The first-order valence-electron chi connectivity index (χ1n) is 8.35. The van der Waals surface area contributed by atoms with Crippen molar-refractivity contribution in [3.63, 3.8) is 0 Å². The summed E-state index contributed by atoms with van der Waals surface area (Å²) in [5.74, 6) is 3.03. The van der Waals surface area contributed by atoms with Gasteiger partial charge in [-0.15, -0.1) is 0 Å². The summed E-state index contributed by atoms with van der Waals surface area (Å²) in [6, 6.07) is 18.2. The number of hydrogen-bond acceptors (Lipinski definition) is 6. The topological polar surface area (TPSA) is 56.5 Å². The molecule has 26 heavy (non-hydrogen) atoms. The third-order valence-electron chi connectivity index (χ3n) is 3.86. The molecule has 0 aliphatic heterocycles. The van der Waals surface area contributed by atoms with Gasteiger partial charge in [0.1, 0.15) is 5.75 Å². The number of nitrogens with zero attached hydrogens (tertiary/aromatic N) is 1. The van der Waals surface area contributed by atoms with Gasteiger partial charge in [0, 0.05) is 18.9 Å². The van der Waals surface area contributed by atoms with Gasteiger partial charge in [0.2, 0.25) is 0 Å². The highest BCUT2D eigenvalue weighted by Gasteiger charge is 2.13. The molecule has 0 bridgehead atoms. The van der Waals surface area contributed by atoms with E-state index < -0.39 is 0 Å². The van der Waals surface area contributed by atoms with Crippen molar-refractivity contribution in [1.82, 2.24) is 5.16 Å². The van der Waals surface area contributed by atoms with Gasteiger partial charge >= 0.3 is 0 Å². The zero-order valence-corrected chi connectivity index (χ0v) is 15.7. The molecule has 2 aromatic carbocycles. The van der Waals surface area contributed by atoms with E-state index in [0.29, 0.717) is 18.2 Å². The van der Waals surface area contributed by atoms with Gasteiger partial charge < -0.3 is 18.7 Å². The largest absolute Gasteiger partial charge is 0.496 e. The predicted molar refractivity (Wildman–Crippen MR) is 105 cm³/mol. The average molecular weight is 370 g/mol. The molecule has 3 rings (SSSR count). The number of aromatic nitrogens is 1. The molecule has 0 radical (unpaired) electrons. The van der Waals surface area contributed by atoms with Gasteiger partial charge in [0.15, 0.2) is 11.6 Å². The zero-order chi connectivity index (χ0) is 18.2. The van der Waals surface area contributed by atoms with E-state index in [9.17, 15) is 0 Å². The average Bonchev–Trinajstić information content (AvgIpc) is 3.15. The molecule has 5 nitrogen and oxygen atoms in total. The highest BCUT2D eigenvalue weighted by Crippen LogP contribution is 2.33. The molecule has 0 unspecified atom stereocenters. The van der Waals surface area contributed by atoms with Crippen LogP contribution >= 0.6 is 11.9 Å². The number of rotatable bonds is 9. The SMILES string of the molecule is COCc1ccc(OC)c(-c2cc(NSCCc3ccccc3)no2)c1. The number of methoxy groups -OCH3 is 2. The molecule has 0 aliphatic carbocycles. The summed E-state index contributed by atoms with van der Waals surface area (Å²) in [6.07, 6.45) is 0.996. The van der Waals surface area contributed by atoms with Crippen LogP contribution in [0.5, 0.6) is 5.75 Å². The molecule has 1 N–H and O–H groups in total. The Morgan fingerprint density at radius 2 is 1.88 bits per heavy atom. The lowest BCUT2D eigenvalue weighted by atomic mass is 10.1. The van der Waals surface area contributed by atoms with Crippen LogP contribution in [0.1, 0.15) is 11.1 Å². The quantitative estimate of drug-likeness (QED) is 0.431. The molecule has 6 heteroatoms. The molecule has 0 fully saturated rings. The third-order valence-corrected chi connectivity index (χ3v) is 4.62. The standard InChI is InChI=1S/C20H22N2O3S/c1-23-14-16-8-9-18(24-2)17(12-16)19-13-20(21-25-19)22-26-11-10-15-6-4-3-5-7-15/h3-9,12-13H,10-11,14H2,1-2H3,(H,21,22). The van der Waals surface area contributed by atoms with Crippen LogP contribution in [0.3, 0.4) is 0 Å². The van der Waals surface area contributed by atoms with Crippen molar-refractivity contribution >= 4 is 17.8 Å². The summed E-state index contributed by atoms with van der Waals surface area (Å²) in [6.45, 7) is 0.533. The molecule has 0 saturated heterocycles. The van der Waals surface area contributed by atoms with Gasteiger partial charge in [0.25, 0.3) is 0 Å². The molecule has 0 atom stereocenters. The molecule has 0 saturated carbocycles. The molecule has 0 aliphatic rings. The summed E-state index contributed by atoms with van der Waals surface area (Å²) in [5.41, 5.74) is 3.23. The van der Waals surface area contributed by atoms with Gasteiger partial charge in [0.05, 0.1) is 19.3 Å². The lowest BCUT2D eigenvalue weighted by Gasteiger charge is -2.08. The molecular weight excluding hydrogens is 348 g/mol. The monoisotopic (exact) mass is 370 g/mol. The number of ether oxygens (including phenoxy) is 2. The van der Waals surface area contributed by atoms with Crippen LogP contribution in [0.15, 0.2) is 59.1 Å². The Morgan fingerprint density at radius 3 is 2.65 bits per heavy atom. The van der Waals surface area contributed by atoms with Crippen molar-refractivity contribution in [2.45, 2.75) is 13.0 Å². The smallest absolute Gasteiger partial charge is 0.179 e. The first-order chi connectivity index (χ1) is 12.8. The highest BCUT2D eigenvalue weighted by molar-refractivity contribution is 8.00. The maximum absolute atomic E-state index is 5.50. The van der Waals surface area contributed by atoms with Gasteiger partial charge in [-0.1, -0.05) is 53.5 Å². The number of aryl methyl sites for hydroxylation is 1. The molecule has 136 valence electrons. The fourth-order valence-corrected chi connectivity index (χ4v) is 3.28. The van der Waals surface area contributed by atoms with Gasteiger partial charge in [-0.2, -0.15) is 0 Å². The molecular formula is C20H22N2O3S. The van der Waals surface area contributed by atoms with Crippen LogP contribution in [-0.4, -0.2) is 25.1 Å². The van der Waals surface area contributed by atoms with Crippen LogP contribution in [0, 0.1) is 0 Å². The van der Waals surface area contributed by atoms with E-state index in [1.54, 1.807) is 26.2 Å². The predicted octanol–water partition coefficient (Wildman–Crippen LogP) is 4.80. The van der Waals surface area contributed by atoms with Crippen LogP contribution < -0.4 is 9.46 Å². The van der Waals surface area contributed by atoms with Crippen molar-refractivity contribution in [3.05, 3.63) is 65.7 Å². The Balaban J connectivity index is 1.61. The number of nitrogens with one attached hydrogen (secondary N) is 1. The molecule has 1 aromatic heterocycles.